The molecule has 0 aliphatic carbocycles. The quantitative estimate of drug-likeness (QED) is 0.533. The smallest absolute Gasteiger partial charge is 0.262 e. The van der Waals surface area contributed by atoms with Crippen molar-refractivity contribution >= 4 is 29.3 Å². The molecule has 0 aromatic heterocycles. The maximum atomic E-state index is 13.0. The summed E-state index contributed by atoms with van der Waals surface area (Å²) in [5.74, 6) is -1.36. The van der Waals surface area contributed by atoms with Gasteiger partial charge in [-0.1, -0.05) is 0 Å². The van der Waals surface area contributed by atoms with Gasteiger partial charge in [-0.25, -0.2) is 0 Å². The molecule has 176 valence electrons. The highest BCUT2D eigenvalue weighted by molar-refractivity contribution is 6.23. The number of amides is 4. The molecule has 0 saturated carbocycles. The molecule has 4 aliphatic rings. The molecule has 4 amide bonds. The molecule has 1 aromatic carbocycles. The zero-order valence-corrected chi connectivity index (χ0v) is 18.5. The standard InChI is InChI=1S/C23H29N5O5/c29-10-9-25-5-7-26(8-6-25)12-15-13-27(14-15)16-1-2-17-18(11-16)23(33)28(22(17)32)19-3-4-20(30)24-21(19)31/h1-2,11,15,19,29H,3-10,12-14H2,(H,24,30,31). The van der Waals surface area contributed by atoms with E-state index in [0.29, 0.717) is 17.0 Å². The van der Waals surface area contributed by atoms with Crippen molar-refractivity contribution in [3.63, 3.8) is 0 Å². The lowest BCUT2D eigenvalue weighted by Gasteiger charge is -2.44. The number of β-amino-alcohol motifs (C(OH)–C–C–N with tert-alkyl or cyclic N) is 1. The van der Waals surface area contributed by atoms with Crippen molar-refractivity contribution in [1.82, 2.24) is 20.0 Å². The summed E-state index contributed by atoms with van der Waals surface area (Å²) in [4.78, 5) is 57.5. The van der Waals surface area contributed by atoms with Crippen molar-refractivity contribution in [2.24, 2.45) is 5.92 Å². The van der Waals surface area contributed by atoms with E-state index in [-0.39, 0.29) is 25.4 Å². The van der Waals surface area contributed by atoms with E-state index in [1.54, 1.807) is 12.1 Å². The fraction of sp³-hybridized carbons (Fsp3) is 0.565. The highest BCUT2D eigenvalue weighted by Crippen LogP contribution is 2.33. The SMILES string of the molecule is O=C1CCC(N2C(=O)c3ccc(N4CC(CN5CCN(CCO)CC5)C4)cc3C2=O)C(=O)N1. The number of fused-ring (bicyclic) bond motifs is 1. The van der Waals surface area contributed by atoms with E-state index in [1.165, 1.54) is 0 Å². The van der Waals surface area contributed by atoms with Gasteiger partial charge in [0.15, 0.2) is 0 Å². The van der Waals surface area contributed by atoms with Crippen LogP contribution in [0.4, 0.5) is 5.69 Å². The first-order chi connectivity index (χ1) is 15.9. The van der Waals surface area contributed by atoms with Crippen LogP contribution in [0.15, 0.2) is 18.2 Å². The Balaban J connectivity index is 1.19. The van der Waals surface area contributed by atoms with Crippen LogP contribution in [-0.4, -0.2) is 108 Å². The Kier molecular flexibility index (Phi) is 5.90. The van der Waals surface area contributed by atoms with Gasteiger partial charge >= 0.3 is 0 Å². The predicted octanol–water partition coefficient (Wildman–Crippen LogP) is -0.866. The third-order valence-electron chi connectivity index (χ3n) is 7.14. The van der Waals surface area contributed by atoms with Crippen molar-refractivity contribution in [3.05, 3.63) is 29.3 Å². The lowest BCUT2D eigenvalue weighted by atomic mass is 9.97. The molecule has 0 spiro atoms. The third-order valence-corrected chi connectivity index (χ3v) is 7.14. The Morgan fingerprint density at radius 1 is 0.939 bits per heavy atom. The summed E-state index contributed by atoms with van der Waals surface area (Å²) in [6.45, 7) is 7.79. The molecule has 3 saturated heterocycles. The molecule has 0 radical (unpaired) electrons. The minimum atomic E-state index is -0.940. The van der Waals surface area contributed by atoms with Gasteiger partial charge in [0, 0.05) is 70.4 Å². The van der Waals surface area contributed by atoms with Crippen LogP contribution < -0.4 is 10.2 Å². The number of rotatable bonds is 6. The number of piperidine rings is 1. The molecular formula is C23H29N5O5. The first kappa shape index (κ1) is 22.0. The van der Waals surface area contributed by atoms with Gasteiger partial charge in [-0.2, -0.15) is 0 Å². The molecule has 4 heterocycles. The van der Waals surface area contributed by atoms with Crippen LogP contribution in [0.2, 0.25) is 0 Å². The number of aliphatic hydroxyl groups excluding tert-OH is 1. The lowest BCUT2D eigenvalue weighted by molar-refractivity contribution is -0.136. The van der Waals surface area contributed by atoms with Crippen LogP contribution in [0.3, 0.4) is 0 Å². The largest absolute Gasteiger partial charge is 0.395 e. The molecule has 10 nitrogen and oxygen atoms in total. The average molecular weight is 456 g/mol. The maximum absolute atomic E-state index is 13.0. The fourth-order valence-electron chi connectivity index (χ4n) is 5.25. The van der Waals surface area contributed by atoms with Crippen LogP contribution in [0.5, 0.6) is 0 Å². The fourth-order valence-corrected chi connectivity index (χ4v) is 5.25. The van der Waals surface area contributed by atoms with Gasteiger partial charge in [0.05, 0.1) is 17.7 Å². The lowest BCUT2D eigenvalue weighted by Crippen LogP contribution is -2.55. The molecule has 3 fully saturated rings. The second-order valence-electron chi connectivity index (χ2n) is 9.31. The molecule has 1 aromatic rings. The maximum Gasteiger partial charge on any atom is 0.262 e. The molecule has 2 N–H and O–H groups in total. The normalized spacial score (nSPS) is 24.8. The Hall–Kier alpha value is -2.82. The van der Waals surface area contributed by atoms with Gasteiger partial charge in [0.1, 0.15) is 6.04 Å². The zero-order chi connectivity index (χ0) is 23.1. The molecule has 5 rings (SSSR count). The van der Waals surface area contributed by atoms with Crippen LogP contribution in [0.25, 0.3) is 0 Å². The van der Waals surface area contributed by atoms with Crippen LogP contribution in [0, 0.1) is 5.92 Å². The summed E-state index contributed by atoms with van der Waals surface area (Å²) in [5, 5.41) is 11.3. The number of aliphatic hydroxyl groups is 1. The Morgan fingerprint density at radius 2 is 1.64 bits per heavy atom. The summed E-state index contributed by atoms with van der Waals surface area (Å²) in [6, 6.07) is 4.35. The molecule has 1 unspecified atom stereocenters. The first-order valence-corrected chi connectivity index (χ1v) is 11.6. The Labute approximate surface area is 192 Å². The number of carbonyl (C=O) groups is 4. The summed E-state index contributed by atoms with van der Waals surface area (Å²) in [5.41, 5.74) is 1.54. The number of piperazine rings is 1. The zero-order valence-electron chi connectivity index (χ0n) is 18.5. The van der Waals surface area contributed by atoms with E-state index >= 15 is 0 Å². The first-order valence-electron chi connectivity index (χ1n) is 11.6. The second kappa shape index (κ2) is 8.85. The highest BCUT2D eigenvalue weighted by Gasteiger charge is 2.45. The summed E-state index contributed by atoms with van der Waals surface area (Å²) in [6.07, 6.45) is 0.270. The van der Waals surface area contributed by atoms with Crippen molar-refractivity contribution in [1.29, 1.82) is 0 Å². The van der Waals surface area contributed by atoms with Gasteiger partial charge < -0.3 is 14.9 Å². The predicted molar refractivity (Wildman–Crippen MR) is 119 cm³/mol. The molecular weight excluding hydrogens is 426 g/mol. The third kappa shape index (κ3) is 4.14. The van der Waals surface area contributed by atoms with Crippen LogP contribution in [0.1, 0.15) is 33.6 Å². The highest BCUT2D eigenvalue weighted by atomic mass is 16.3. The van der Waals surface area contributed by atoms with Crippen molar-refractivity contribution < 1.29 is 24.3 Å². The molecule has 0 bridgehead atoms. The minimum absolute atomic E-state index is 0.112. The van der Waals surface area contributed by atoms with Crippen molar-refractivity contribution in [2.45, 2.75) is 18.9 Å². The van der Waals surface area contributed by atoms with E-state index in [2.05, 4.69) is 20.0 Å². The number of nitrogens with one attached hydrogen (secondary N) is 1. The van der Waals surface area contributed by atoms with Gasteiger partial charge in [0.25, 0.3) is 11.8 Å². The number of hydrogen-bond acceptors (Lipinski definition) is 8. The van der Waals surface area contributed by atoms with E-state index in [4.69, 9.17) is 5.11 Å². The van der Waals surface area contributed by atoms with E-state index in [0.717, 1.165) is 62.9 Å². The molecule has 33 heavy (non-hydrogen) atoms. The van der Waals surface area contributed by atoms with Crippen molar-refractivity contribution in [2.75, 3.05) is 63.9 Å². The monoisotopic (exact) mass is 455 g/mol. The van der Waals surface area contributed by atoms with Crippen LogP contribution >= 0.6 is 0 Å². The topological polar surface area (TPSA) is 114 Å². The number of benzene rings is 1. The Morgan fingerprint density at radius 3 is 2.33 bits per heavy atom. The number of hydrogen-bond donors (Lipinski definition) is 2. The van der Waals surface area contributed by atoms with E-state index < -0.39 is 23.8 Å². The van der Waals surface area contributed by atoms with E-state index in [1.807, 2.05) is 6.07 Å². The summed E-state index contributed by atoms with van der Waals surface area (Å²) < 4.78 is 0. The molecule has 1 atom stereocenters. The van der Waals surface area contributed by atoms with Gasteiger partial charge in [-0.3, -0.25) is 34.3 Å². The average Bonchev–Trinajstić information content (AvgIpc) is 3.02. The van der Waals surface area contributed by atoms with Gasteiger partial charge in [-0.15, -0.1) is 0 Å². The number of anilines is 1. The number of imide groups is 2. The number of carbonyl (C=O) groups excluding carboxylic acids is 4. The summed E-state index contributed by atoms with van der Waals surface area (Å²) in [7, 11) is 0. The van der Waals surface area contributed by atoms with Crippen LogP contribution in [-0.2, 0) is 9.59 Å². The van der Waals surface area contributed by atoms with Gasteiger partial charge in [-0.05, 0) is 24.6 Å². The molecule has 10 heteroatoms. The summed E-state index contributed by atoms with van der Waals surface area (Å²) >= 11 is 0. The minimum Gasteiger partial charge on any atom is -0.395 e. The second-order valence-corrected chi connectivity index (χ2v) is 9.31. The molecule has 4 aliphatic heterocycles. The van der Waals surface area contributed by atoms with Gasteiger partial charge in [0.2, 0.25) is 11.8 Å². The van der Waals surface area contributed by atoms with Crippen molar-refractivity contribution in [3.8, 4) is 0 Å². The number of nitrogens with zero attached hydrogens (tertiary/aromatic N) is 4. The van der Waals surface area contributed by atoms with E-state index in [9.17, 15) is 19.2 Å². The Bertz CT molecular complexity index is 983.